The van der Waals surface area contributed by atoms with Gasteiger partial charge in [0.2, 0.25) is 5.91 Å². The highest BCUT2D eigenvalue weighted by molar-refractivity contribution is 5.76. The molecule has 1 fully saturated rings. The fourth-order valence-electron chi connectivity index (χ4n) is 1.48. The third-order valence-electron chi connectivity index (χ3n) is 2.59. The van der Waals surface area contributed by atoms with Crippen LogP contribution in [0.1, 0.15) is 32.6 Å². The topological polar surface area (TPSA) is 70.6 Å². The Kier molecular flexibility index (Phi) is 7.16. The van der Waals surface area contributed by atoms with Gasteiger partial charge < -0.3 is 20.5 Å². The van der Waals surface area contributed by atoms with Crippen LogP contribution in [0.15, 0.2) is 0 Å². The highest BCUT2D eigenvalue weighted by atomic mass is 16.5. The van der Waals surface area contributed by atoms with Crippen LogP contribution in [0.2, 0.25) is 0 Å². The Balaban J connectivity index is 1.84. The van der Waals surface area contributed by atoms with Crippen molar-refractivity contribution in [3.8, 4) is 0 Å². The summed E-state index contributed by atoms with van der Waals surface area (Å²) in [5.41, 5.74) is 0. The highest BCUT2D eigenvalue weighted by Crippen LogP contribution is 2.18. The van der Waals surface area contributed by atoms with Crippen LogP contribution in [0.3, 0.4) is 0 Å². The molecule has 17 heavy (non-hydrogen) atoms. The molecule has 0 aromatic rings. The number of nitrogens with one attached hydrogen (secondary N) is 2. The van der Waals surface area contributed by atoms with Crippen molar-refractivity contribution in [2.24, 2.45) is 0 Å². The predicted molar refractivity (Wildman–Crippen MR) is 65.8 cm³/mol. The van der Waals surface area contributed by atoms with Gasteiger partial charge in [0.25, 0.3) is 0 Å². The van der Waals surface area contributed by atoms with Gasteiger partial charge in [-0.1, -0.05) is 0 Å². The highest BCUT2D eigenvalue weighted by Gasteiger charge is 2.22. The van der Waals surface area contributed by atoms with Crippen LogP contribution in [0, 0.1) is 0 Å². The smallest absolute Gasteiger partial charge is 0.220 e. The third kappa shape index (κ3) is 8.12. The lowest BCUT2D eigenvalue weighted by molar-refractivity contribution is -0.121. The quantitative estimate of drug-likeness (QED) is 0.474. The second-order valence-electron chi connectivity index (χ2n) is 4.46. The maximum Gasteiger partial charge on any atom is 0.220 e. The number of aliphatic hydroxyl groups is 1. The number of carbonyl (C=O) groups excluding carboxylic acids is 1. The molecule has 0 aliphatic heterocycles. The number of hydrogen-bond acceptors (Lipinski definition) is 4. The molecule has 0 aromatic heterocycles. The van der Waals surface area contributed by atoms with Gasteiger partial charge in [-0.2, -0.15) is 0 Å². The van der Waals surface area contributed by atoms with E-state index in [4.69, 9.17) is 4.74 Å². The van der Waals surface area contributed by atoms with Gasteiger partial charge in [0.05, 0.1) is 12.7 Å². The van der Waals surface area contributed by atoms with Gasteiger partial charge in [-0.15, -0.1) is 0 Å². The van der Waals surface area contributed by atoms with Crippen LogP contribution in [0.4, 0.5) is 0 Å². The average molecular weight is 244 g/mol. The van der Waals surface area contributed by atoms with E-state index in [-0.39, 0.29) is 5.91 Å². The lowest BCUT2D eigenvalue weighted by atomic mass is 10.3. The number of amides is 1. The van der Waals surface area contributed by atoms with Crippen molar-refractivity contribution < 1.29 is 14.6 Å². The molecule has 0 heterocycles. The molecule has 1 amide bonds. The molecule has 100 valence electrons. The Bertz CT molecular complexity index is 220. The second kappa shape index (κ2) is 8.44. The molecule has 3 N–H and O–H groups in total. The maximum absolute atomic E-state index is 11.3. The van der Waals surface area contributed by atoms with Crippen molar-refractivity contribution in [1.82, 2.24) is 10.6 Å². The summed E-state index contributed by atoms with van der Waals surface area (Å²) in [5.74, 6) is 0.143. The van der Waals surface area contributed by atoms with E-state index < -0.39 is 6.10 Å². The van der Waals surface area contributed by atoms with E-state index in [2.05, 4.69) is 10.6 Å². The molecule has 1 aliphatic carbocycles. The van der Waals surface area contributed by atoms with Crippen LogP contribution in [-0.2, 0) is 9.53 Å². The molecule has 0 radical (unpaired) electrons. The molecule has 5 heteroatoms. The minimum Gasteiger partial charge on any atom is -0.389 e. The van der Waals surface area contributed by atoms with Crippen LogP contribution < -0.4 is 10.6 Å². The monoisotopic (exact) mass is 244 g/mol. The average Bonchev–Trinajstić information content (AvgIpc) is 3.09. The van der Waals surface area contributed by atoms with Crippen molar-refractivity contribution in [2.45, 2.75) is 44.8 Å². The van der Waals surface area contributed by atoms with Gasteiger partial charge in [0.1, 0.15) is 0 Å². The number of aliphatic hydroxyl groups excluding tert-OH is 1. The van der Waals surface area contributed by atoms with Gasteiger partial charge in [0, 0.05) is 25.6 Å². The molecule has 5 nitrogen and oxygen atoms in total. The van der Waals surface area contributed by atoms with Gasteiger partial charge in [0.15, 0.2) is 0 Å². The summed E-state index contributed by atoms with van der Waals surface area (Å²) in [6.07, 6.45) is 3.17. The second-order valence-corrected chi connectivity index (χ2v) is 4.46. The van der Waals surface area contributed by atoms with E-state index >= 15 is 0 Å². The standard InChI is InChI=1S/C12H24N2O3/c1-2-17-9-11(15)8-13-7-3-4-12(16)14-10-5-6-10/h10-11,13,15H,2-9H2,1H3,(H,14,16). The van der Waals surface area contributed by atoms with Crippen molar-refractivity contribution >= 4 is 5.91 Å². The molecule has 0 bridgehead atoms. The normalized spacial score (nSPS) is 16.8. The molecule has 1 atom stereocenters. The summed E-state index contributed by atoms with van der Waals surface area (Å²) in [6, 6.07) is 0.448. The summed E-state index contributed by atoms with van der Waals surface area (Å²) in [4.78, 5) is 11.3. The van der Waals surface area contributed by atoms with Crippen molar-refractivity contribution in [3.63, 3.8) is 0 Å². The Morgan fingerprint density at radius 3 is 2.94 bits per heavy atom. The van der Waals surface area contributed by atoms with E-state index in [0.717, 1.165) is 25.8 Å². The SMILES string of the molecule is CCOCC(O)CNCCCC(=O)NC1CC1. The van der Waals surface area contributed by atoms with E-state index in [0.29, 0.717) is 32.2 Å². The van der Waals surface area contributed by atoms with Gasteiger partial charge in [-0.3, -0.25) is 4.79 Å². The number of rotatable bonds is 10. The summed E-state index contributed by atoms with van der Waals surface area (Å²) < 4.78 is 5.09. The fraction of sp³-hybridized carbons (Fsp3) is 0.917. The number of carbonyl (C=O) groups is 1. The van der Waals surface area contributed by atoms with Gasteiger partial charge in [-0.25, -0.2) is 0 Å². The van der Waals surface area contributed by atoms with Crippen LogP contribution in [0.5, 0.6) is 0 Å². The molecular formula is C12H24N2O3. The van der Waals surface area contributed by atoms with Crippen molar-refractivity contribution in [1.29, 1.82) is 0 Å². The third-order valence-corrected chi connectivity index (χ3v) is 2.59. The summed E-state index contributed by atoms with van der Waals surface area (Å²) in [5, 5.41) is 15.5. The number of ether oxygens (including phenoxy) is 1. The van der Waals surface area contributed by atoms with Gasteiger partial charge in [-0.05, 0) is 32.7 Å². The molecule has 1 saturated carbocycles. The fourth-order valence-corrected chi connectivity index (χ4v) is 1.48. The first-order valence-corrected chi connectivity index (χ1v) is 6.48. The zero-order valence-corrected chi connectivity index (χ0v) is 10.6. The van der Waals surface area contributed by atoms with Crippen molar-refractivity contribution in [2.75, 3.05) is 26.3 Å². The molecule has 1 rings (SSSR count). The molecular weight excluding hydrogens is 220 g/mol. The minimum atomic E-state index is -0.463. The lowest BCUT2D eigenvalue weighted by Crippen LogP contribution is -2.32. The van der Waals surface area contributed by atoms with Gasteiger partial charge >= 0.3 is 0 Å². The summed E-state index contributed by atoms with van der Waals surface area (Å²) >= 11 is 0. The Morgan fingerprint density at radius 1 is 1.53 bits per heavy atom. The van der Waals surface area contributed by atoms with Crippen LogP contribution >= 0.6 is 0 Å². The summed E-state index contributed by atoms with van der Waals surface area (Å²) in [6.45, 7) is 4.16. The molecule has 0 saturated heterocycles. The molecule has 1 aliphatic rings. The zero-order valence-electron chi connectivity index (χ0n) is 10.6. The molecule has 0 spiro atoms. The van der Waals surface area contributed by atoms with Crippen LogP contribution in [0.25, 0.3) is 0 Å². The van der Waals surface area contributed by atoms with E-state index in [1.54, 1.807) is 0 Å². The Morgan fingerprint density at radius 2 is 2.29 bits per heavy atom. The maximum atomic E-state index is 11.3. The Hall–Kier alpha value is -0.650. The molecule has 0 aromatic carbocycles. The predicted octanol–water partition coefficient (Wildman–Crippen LogP) is 0.0322. The first kappa shape index (κ1) is 14.4. The van der Waals surface area contributed by atoms with Crippen LogP contribution in [-0.4, -0.2) is 49.5 Å². The first-order valence-electron chi connectivity index (χ1n) is 6.48. The first-order chi connectivity index (χ1) is 8.22. The molecule has 1 unspecified atom stereocenters. The number of hydrogen-bond donors (Lipinski definition) is 3. The minimum absolute atomic E-state index is 0.143. The lowest BCUT2D eigenvalue weighted by Gasteiger charge is -2.11. The van der Waals surface area contributed by atoms with E-state index in [1.807, 2.05) is 6.92 Å². The largest absolute Gasteiger partial charge is 0.389 e. The Labute approximate surface area is 103 Å². The zero-order chi connectivity index (χ0) is 12.5. The van der Waals surface area contributed by atoms with E-state index in [9.17, 15) is 9.90 Å². The summed E-state index contributed by atoms with van der Waals surface area (Å²) in [7, 11) is 0. The van der Waals surface area contributed by atoms with Crippen molar-refractivity contribution in [3.05, 3.63) is 0 Å². The van der Waals surface area contributed by atoms with E-state index in [1.165, 1.54) is 0 Å².